The molecular formula is C18H21NO. The van der Waals surface area contributed by atoms with Crippen LogP contribution in [0.3, 0.4) is 0 Å². The zero-order valence-electron chi connectivity index (χ0n) is 11.9. The fraction of sp³-hybridized carbons (Fsp3) is 0.222. The lowest BCUT2D eigenvalue weighted by molar-refractivity contribution is 0.358. The van der Waals surface area contributed by atoms with Crippen molar-refractivity contribution in [3.05, 3.63) is 71.8 Å². The van der Waals surface area contributed by atoms with E-state index in [0.717, 1.165) is 18.8 Å². The highest BCUT2D eigenvalue weighted by Crippen LogP contribution is 2.17. The Morgan fingerprint density at radius 1 is 1.00 bits per heavy atom. The molecule has 0 saturated heterocycles. The van der Waals surface area contributed by atoms with Crippen molar-refractivity contribution in [1.82, 2.24) is 5.32 Å². The predicted octanol–water partition coefficient (Wildman–Crippen LogP) is 3.89. The molecule has 2 aromatic rings. The lowest BCUT2D eigenvalue weighted by Crippen LogP contribution is -2.12. The molecule has 0 bridgehead atoms. The molecular weight excluding hydrogens is 246 g/mol. The lowest BCUT2D eigenvalue weighted by atomic mass is 10.2. The Morgan fingerprint density at radius 3 is 2.55 bits per heavy atom. The van der Waals surface area contributed by atoms with Gasteiger partial charge < -0.3 is 10.1 Å². The number of ether oxygens (including phenoxy) is 1. The van der Waals surface area contributed by atoms with E-state index in [0.29, 0.717) is 6.61 Å². The van der Waals surface area contributed by atoms with Crippen LogP contribution in [0.15, 0.2) is 60.7 Å². The summed E-state index contributed by atoms with van der Waals surface area (Å²) in [6, 6.07) is 18.4. The monoisotopic (exact) mass is 267 g/mol. The summed E-state index contributed by atoms with van der Waals surface area (Å²) in [5, 5.41) is 3.32. The zero-order valence-corrected chi connectivity index (χ0v) is 11.9. The van der Waals surface area contributed by atoms with Gasteiger partial charge in [0, 0.05) is 12.1 Å². The van der Waals surface area contributed by atoms with Crippen molar-refractivity contribution >= 4 is 6.08 Å². The van der Waals surface area contributed by atoms with Crippen molar-refractivity contribution in [3.8, 4) is 5.75 Å². The molecule has 0 radical (unpaired) electrons. The average Bonchev–Trinajstić information content (AvgIpc) is 2.51. The van der Waals surface area contributed by atoms with Crippen molar-refractivity contribution in [2.24, 2.45) is 0 Å². The maximum atomic E-state index is 5.83. The van der Waals surface area contributed by atoms with Gasteiger partial charge in [-0.05, 0) is 24.3 Å². The Kier molecular flexibility index (Phi) is 5.87. The summed E-state index contributed by atoms with van der Waals surface area (Å²) in [5.41, 5.74) is 2.39. The summed E-state index contributed by atoms with van der Waals surface area (Å²) in [7, 11) is 0. The van der Waals surface area contributed by atoms with Gasteiger partial charge >= 0.3 is 0 Å². The van der Waals surface area contributed by atoms with Crippen LogP contribution in [0, 0.1) is 0 Å². The predicted molar refractivity (Wildman–Crippen MR) is 84.8 cm³/mol. The van der Waals surface area contributed by atoms with E-state index in [9.17, 15) is 0 Å². The maximum Gasteiger partial charge on any atom is 0.124 e. The first-order chi connectivity index (χ1) is 9.90. The number of nitrogens with one attached hydrogen (secondary N) is 1. The molecule has 104 valence electrons. The van der Waals surface area contributed by atoms with E-state index in [4.69, 9.17) is 4.74 Å². The third kappa shape index (κ3) is 4.56. The molecule has 0 spiro atoms. The molecule has 0 unspecified atom stereocenters. The molecule has 0 aliphatic carbocycles. The third-order valence-corrected chi connectivity index (χ3v) is 2.98. The minimum absolute atomic E-state index is 0.581. The molecule has 1 N–H and O–H groups in total. The number of benzene rings is 2. The van der Waals surface area contributed by atoms with Crippen molar-refractivity contribution in [1.29, 1.82) is 0 Å². The molecule has 0 aliphatic heterocycles. The number of rotatable bonds is 7. The van der Waals surface area contributed by atoms with Gasteiger partial charge in [0.15, 0.2) is 0 Å². The van der Waals surface area contributed by atoms with Crippen LogP contribution in [-0.2, 0) is 6.54 Å². The van der Waals surface area contributed by atoms with Crippen LogP contribution in [0.1, 0.15) is 18.1 Å². The van der Waals surface area contributed by atoms with Crippen molar-refractivity contribution < 1.29 is 4.74 Å². The van der Waals surface area contributed by atoms with E-state index < -0.39 is 0 Å². The summed E-state index contributed by atoms with van der Waals surface area (Å²) in [6.45, 7) is 4.49. The fourth-order valence-electron chi connectivity index (χ4n) is 1.94. The topological polar surface area (TPSA) is 21.3 Å². The third-order valence-electron chi connectivity index (χ3n) is 2.98. The van der Waals surface area contributed by atoms with Gasteiger partial charge in [-0.25, -0.2) is 0 Å². The molecule has 0 atom stereocenters. The van der Waals surface area contributed by atoms with E-state index in [1.165, 1.54) is 11.1 Å². The Hall–Kier alpha value is -2.06. The van der Waals surface area contributed by atoms with Crippen LogP contribution >= 0.6 is 0 Å². The van der Waals surface area contributed by atoms with Crippen LogP contribution in [0.5, 0.6) is 5.75 Å². The van der Waals surface area contributed by atoms with E-state index in [1.807, 2.05) is 42.5 Å². The smallest absolute Gasteiger partial charge is 0.124 e. The SMILES string of the molecule is CCNCc1ccccc1OC/C=C/c1ccccc1. The first-order valence-corrected chi connectivity index (χ1v) is 7.03. The first kappa shape index (κ1) is 14.4. The molecule has 2 nitrogen and oxygen atoms in total. The van der Waals surface area contributed by atoms with Crippen LogP contribution in [0.25, 0.3) is 6.08 Å². The molecule has 0 heterocycles. The highest BCUT2D eigenvalue weighted by molar-refractivity contribution is 5.48. The minimum Gasteiger partial charge on any atom is -0.489 e. The Morgan fingerprint density at radius 2 is 1.75 bits per heavy atom. The second-order valence-corrected chi connectivity index (χ2v) is 4.51. The molecule has 2 aromatic carbocycles. The van der Waals surface area contributed by atoms with Gasteiger partial charge in [0.05, 0.1) is 0 Å². The van der Waals surface area contributed by atoms with Crippen LogP contribution in [-0.4, -0.2) is 13.2 Å². The number of hydrogen-bond donors (Lipinski definition) is 1. The van der Waals surface area contributed by atoms with Gasteiger partial charge in [0.2, 0.25) is 0 Å². The van der Waals surface area contributed by atoms with Gasteiger partial charge in [-0.1, -0.05) is 61.5 Å². The molecule has 0 saturated carbocycles. The zero-order chi connectivity index (χ0) is 14.0. The van der Waals surface area contributed by atoms with E-state index in [2.05, 4.69) is 36.5 Å². The summed E-state index contributed by atoms with van der Waals surface area (Å²) < 4.78 is 5.83. The molecule has 2 heteroatoms. The highest BCUT2D eigenvalue weighted by atomic mass is 16.5. The molecule has 2 rings (SSSR count). The number of hydrogen-bond acceptors (Lipinski definition) is 2. The van der Waals surface area contributed by atoms with Crippen LogP contribution < -0.4 is 10.1 Å². The largest absolute Gasteiger partial charge is 0.489 e. The van der Waals surface area contributed by atoms with Gasteiger partial charge in [-0.2, -0.15) is 0 Å². The molecule has 0 aliphatic rings. The average molecular weight is 267 g/mol. The van der Waals surface area contributed by atoms with Crippen LogP contribution in [0.4, 0.5) is 0 Å². The fourth-order valence-corrected chi connectivity index (χ4v) is 1.94. The summed E-state index contributed by atoms with van der Waals surface area (Å²) >= 11 is 0. The molecule has 0 fully saturated rings. The summed E-state index contributed by atoms with van der Waals surface area (Å²) in [4.78, 5) is 0. The van der Waals surface area contributed by atoms with E-state index in [-0.39, 0.29) is 0 Å². The van der Waals surface area contributed by atoms with E-state index in [1.54, 1.807) is 0 Å². The van der Waals surface area contributed by atoms with Crippen molar-refractivity contribution in [2.75, 3.05) is 13.2 Å². The Balaban J connectivity index is 1.89. The van der Waals surface area contributed by atoms with Gasteiger partial charge in [-0.15, -0.1) is 0 Å². The number of para-hydroxylation sites is 1. The first-order valence-electron chi connectivity index (χ1n) is 7.03. The van der Waals surface area contributed by atoms with Crippen molar-refractivity contribution in [2.45, 2.75) is 13.5 Å². The molecule has 20 heavy (non-hydrogen) atoms. The standard InChI is InChI=1S/C18H21NO/c1-2-19-15-17-12-6-7-13-18(17)20-14-8-11-16-9-4-3-5-10-16/h3-13,19H,2,14-15H2,1H3/b11-8+. The lowest BCUT2D eigenvalue weighted by Gasteiger charge is -2.10. The molecule has 0 aromatic heterocycles. The maximum absolute atomic E-state index is 5.83. The Bertz CT molecular complexity index is 534. The second kappa shape index (κ2) is 8.18. The van der Waals surface area contributed by atoms with Gasteiger partial charge in [-0.3, -0.25) is 0 Å². The quantitative estimate of drug-likeness (QED) is 0.821. The molecule has 0 amide bonds. The minimum atomic E-state index is 0.581. The van der Waals surface area contributed by atoms with Gasteiger partial charge in [0.25, 0.3) is 0 Å². The van der Waals surface area contributed by atoms with Gasteiger partial charge in [0.1, 0.15) is 12.4 Å². The second-order valence-electron chi connectivity index (χ2n) is 4.51. The van der Waals surface area contributed by atoms with E-state index >= 15 is 0 Å². The Labute approximate surface area is 121 Å². The summed E-state index contributed by atoms with van der Waals surface area (Å²) in [6.07, 6.45) is 4.12. The summed E-state index contributed by atoms with van der Waals surface area (Å²) in [5.74, 6) is 0.950. The van der Waals surface area contributed by atoms with Crippen molar-refractivity contribution in [3.63, 3.8) is 0 Å². The van der Waals surface area contributed by atoms with Crippen LogP contribution in [0.2, 0.25) is 0 Å². The highest BCUT2D eigenvalue weighted by Gasteiger charge is 2.00. The normalized spacial score (nSPS) is 10.8.